The highest BCUT2D eigenvalue weighted by molar-refractivity contribution is 5.94. The summed E-state index contributed by atoms with van der Waals surface area (Å²) in [5, 5.41) is 6.33. The van der Waals surface area contributed by atoms with Gasteiger partial charge in [-0.1, -0.05) is 57.2 Å². The first-order chi connectivity index (χ1) is 16.7. The molecule has 6 heteroatoms. The molecule has 0 saturated carbocycles. The van der Waals surface area contributed by atoms with E-state index in [1.807, 2.05) is 49.4 Å². The summed E-state index contributed by atoms with van der Waals surface area (Å²) in [7, 11) is 1.75. The first kappa shape index (κ1) is 26.1. The summed E-state index contributed by atoms with van der Waals surface area (Å²) in [6, 6.07) is 20.0. The Labute approximate surface area is 207 Å². The summed E-state index contributed by atoms with van der Waals surface area (Å²) in [5.41, 5.74) is 2.97. The van der Waals surface area contributed by atoms with Crippen molar-refractivity contribution in [3.05, 3.63) is 101 Å². The van der Waals surface area contributed by atoms with Gasteiger partial charge in [0.15, 0.2) is 0 Å². The van der Waals surface area contributed by atoms with Gasteiger partial charge in [0.25, 0.3) is 5.91 Å². The highest BCUT2D eigenvalue weighted by atomic mass is 19.1. The van der Waals surface area contributed by atoms with Crippen molar-refractivity contribution in [2.45, 2.75) is 52.6 Å². The molecule has 0 fully saturated rings. The van der Waals surface area contributed by atoms with Crippen LogP contribution in [0, 0.1) is 11.2 Å². The molecular weight excluding hydrogens is 439 g/mol. The van der Waals surface area contributed by atoms with E-state index in [4.69, 9.17) is 0 Å². The number of aliphatic imine (C=N–C) groups is 1. The molecule has 0 radical (unpaired) electrons. The summed E-state index contributed by atoms with van der Waals surface area (Å²) in [5.74, 6) is 0.614. The van der Waals surface area contributed by atoms with Gasteiger partial charge in [0.2, 0.25) is 0 Å². The lowest BCUT2D eigenvalue weighted by Crippen LogP contribution is -2.33. The van der Waals surface area contributed by atoms with E-state index in [0.29, 0.717) is 24.1 Å². The molecule has 1 unspecified atom stereocenters. The number of hydrogen-bond donors (Lipinski definition) is 2. The number of rotatable bonds is 9. The van der Waals surface area contributed by atoms with Crippen LogP contribution in [0.3, 0.4) is 0 Å². The van der Waals surface area contributed by atoms with E-state index in [1.165, 1.54) is 6.07 Å². The smallest absolute Gasteiger partial charge is 0.251 e. The van der Waals surface area contributed by atoms with Crippen molar-refractivity contribution >= 4 is 11.7 Å². The monoisotopic (exact) mass is 474 g/mol. The summed E-state index contributed by atoms with van der Waals surface area (Å²) in [6.45, 7) is 8.86. The number of amides is 1. The van der Waals surface area contributed by atoms with Crippen LogP contribution in [-0.4, -0.2) is 23.8 Å². The molecule has 184 valence electrons. The van der Waals surface area contributed by atoms with Crippen LogP contribution in [0.1, 0.15) is 73.3 Å². The largest absolute Gasteiger partial charge is 0.367 e. The first-order valence-corrected chi connectivity index (χ1v) is 12.0. The van der Waals surface area contributed by atoms with E-state index in [2.05, 4.69) is 47.4 Å². The van der Waals surface area contributed by atoms with Crippen molar-refractivity contribution < 1.29 is 9.18 Å². The number of carbonyl (C=O) groups excluding carboxylic acids is 1. The Bertz CT molecular complexity index is 1160. The van der Waals surface area contributed by atoms with Crippen LogP contribution < -0.4 is 10.6 Å². The first-order valence-electron chi connectivity index (χ1n) is 12.0. The highest BCUT2D eigenvalue weighted by Crippen LogP contribution is 2.38. The Morgan fingerprint density at radius 1 is 1.06 bits per heavy atom. The molecule has 2 N–H and O–H groups in total. The Hall–Kier alpha value is -3.54. The number of benzene rings is 2. The van der Waals surface area contributed by atoms with Crippen molar-refractivity contribution in [3.8, 4) is 0 Å². The minimum absolute atomic E-state index is 0.126. The van der Waals surface area contributed by atoms with Crippen LogP contribution in [0.4, 0.5) is 4.39 Å². The van der Waals surface area contributed by atoms with E-state index < -0.39 is 0 Å². The summed E-state index contributed by atoms with van der Waals surface area (Å²) < 4.78 is 14.2. The molecular formula is C29H35FN4O. The molecule has 0 aliphatic heterocycles. The highest BCUT2D eigenvalue weighted by Gasteiger charge is 2.30. The zero-order chi connectivity index (χ0) is 25.4. The number of nitrogens with one attached hydrogen (secondary N) is 2. The molecule has 0 bridgehead atoms. The van der Waals surface area contributed by atoms with Crippen molar-refractivity contribution in [3.63, 3.8) is 0 Å². The Morgan fingerprint density at radius 2 is 1.80 bits per heavy atom. The third-order valence-corrected chi connectivity index (χ3v) is 6.63. The lowest BCUT2D eigenvalue weighted by atomic mass is 9.73. The quantitative estimate of drug-likeness (QED) is 0.293. The molecule has 1 amide bonds. The average molecular weight is 475 g/mol. The molecule has 3 rings (SSSR count). The molecule has 1 heterocycles. The standard InChI is InChI=1S/C29H35FN4O/c1-20(22-11-10-12-23(17-22)28(35)33-19-24-13-8-9-16-32-24)29(3,4)18-27(31-5)34-21(2)25-14-6-7-15-26(25)30/h6-17,20-21H,18-19H2,1-5H3,(H,31,34)(H,33,35)/t20?,21-/m0/s1. The lowest BCUT2D eigenvalue weighted by molar-refractivity contribution is 0.0950. The Balaban J connectivity index is 1.67. The van der Waals surface area contributed by atoms with Crippen LogP contribution in [0.2, 0.25) is 0 Å². The molecule has 0 saturated heterocycles. The van der Waals surface area contributed by atoms with E-state index in [9.17, 15) is 9.18 Å². The molecule has 35 heavy (non-hydrogen) atoms. The topological polar surface area (TPSA) is 66.4 Å². The number of aromatic nitrogens is 1. The van der Waals surface area contributed by atoms with Gasteiger partial charge in [-0.05, 0) is 54.2 Å². The number of pyridine rings is 1. The van der Waals surface area contributed by atoms with Gasteiger partial charge in [0, 0.05) is 30.8 Å². The van der Waals surface area contributed by atoms with Crippen molar-refractivity contribution in [2.24, 2.45) is 10.4 Å². The number of hydrogen-bond acceptors (Lipinski definition) is 3. The minimum Gasteiger partial charge on any atom is -0.367 e. The number of amidine groups is 1. The third kappa shape index (κ3) is 6.98. The van der Waals surface area contributed by atoms with E-state index >= 15 is 0 Å². The normalized spacial score (nSPS) is 13.7. The summed E-state index contributed by atoms with van der Waals surface area (Å²) >= 11 is 0. The summed E-state index contributed by atoms with van der Waals surface area (Å²) in [6.07, 6.45) is 2.39. The van der Waals surface area contributed by atoms with E-state index in [1.54, 1.807) is 25.4 Å². The minimum atomic E-state index is -0.228. The molecule has 2 aromatic carbocycles. The second kappa shape index (κ2) is 11.7. The van der Waals surface area contributed by atoms with Gasteiger partial charge in [-0.15, -0.1) is 0 Å². The van der Waals surface area contributed by atoms with Crippen LogP contribution in [0.25, 0.3) is 0 Å². The fourth-order valence-electron chi connectivity index (χ4n) is 4.11. The number of halogens is 1. The fourth-order valence-corrected chi connectivity index (χ4v) is 4.11. The fraction of sp³-hybridized carbons (Fsp3) is 0.345. The maximum Gasteiger partial charge on any atom is 0.251 e. The lowest BCUT2D eigenvalue weighted by Gasteiger charge is -2.34. The third-order valence-electron chi connectivity index (χ3n) is 6.63. The molecule has 2 atom stereocenters. The SMILES string of the molecule is CN=C(CC(C)(C)C(C)c1cccc(C(=O)NCc2ccccn2)c1)N[C@@H](C)c1ccccc1F. The van der Waals surface area contributed by atoms with Crippen LogP contribution in [0.15, 0.2) is 77.9 Å². The molecule has 1 aromatic heterocycles. The molecule has 0 spiro atoms. The van der Waals surface area contributed by atoms with Crippen molar-refractivity contribution in [2.75, 3.05) is 7.05 Å². The number of nitrogens with zero attached hydrogens (tertiary/aromatic N) is 2. The van der Waals surface area contributed by atoms with Gasteiger partial charge >= 0.3 is 0 Å². The van der Waals surface area contributed by atoms with Crippen molar-refractivity contribution in [1.29, 1.82) is 0 Å². The van der Waals surface area contributed by atoms with E-state index in [-0.39, 0.29) is 29.1 Å². The maximum atomic E-state index is 14.2. The second-order valence-electron chi connectivity index (χ2n) is 9.57. The van der Waals surface area contributed by atoms with Crippen LogP contribution in [0.5, 0.6) is 0 Å². The van der Waals surface area contributed by atoms with Gasteiger partial charge in [0.05, 0.1) is 24.1 Å². The summed E-state index contributed by atoms with van der Waals surface area (Å²) in [4.78, 5) is 21.5. The molecule has 0 aliphatic carbocycles. The van der Waals surface area contributed by atoms with Gasteiger partial charge in [0.1, 0.15) is 5.82 Å². The average Bonchev–Trinajstić information content (AvgIpc) is 2.87. The van der Waals surface area contributed by atoms with Gasteiger partial charge in [-0.25, -0.2) is 4.39 Å². The van der Waals surface area contributed by atoms with Gasteiger partial charge in [-0.2, -0.15) is 0 Å². The molecule has 5 nitrogen and oxygen atoms in total. The Kier molecular flexibility index (Phi) is 8.74. The van der Waals surface area contributed by atoms with Gasteiger partial charge < -0.3 is 10.6 Å². The van der Waals surface area contributed by atoms with Crippen molar-refractivity contribution in [1.82, 2.24) is 15.6 Å². The Morgan fingerprint density at radius 3 is 2.49 bits per heavy atom. The predicted octanol–water partition coefficient (Wildman–Crippen LogP) is 6.05. The maximum absolute atomic E-state index is 14.2. The zero-order valence-corrected chi connectivity index (χ0v) is 21.2. The van der Waals surface area contributed by atoms with Crippen LogP contribution in [-0.2, 0) is 6.54 Å². The zero-order valence-electron chi connectivity index (χ0n) is 21.2. The second-order valence-corrected chi connectivity index (χ2v) is 9.57. The van der Waals surface area contributed by atoms with Gasteiger partial charge in [-0.3, -0.25) is 14.8 Å². The molecule has 0 aliphatic rings. The molecule has 3 aromatic rings. The predicted molar refractivity (Wildman–Crippen MR) is 140 cm³/mol. The van der Waals surface area contributed by atoms with Crippen LogP contribution >= 0.6 is 0 Å². The van der Waals surface area contributed by atoms with E-state index in [0.717, 1.165) is 17.1 Å². The number of carbonyl (C=O) groups is 1.